The second-order valence-corrected chi connectivity index (χ2v) is 9.46. The van der Waals surface area contributed by atoms with Crippen LogP contribution < -0.4 is 0 Å². The Hall–Kier alpha value is -0.170. The zero-order valence-corrected chi connectivity index (χ0v) is 15.5. The molecule has 0 radical (unpaired) electrons. The van der Waals surface area contributed by atoms with Crippen molar-refractivity contribution in [2.45, 2.75) is 76.9 Å². The van der Waals surface area contributed by atoms with Gasteiger partial charge in [0.2, 0.25) is 0 Å². The van der Waals surface area contributed by atoms with E-state index in [9.17, 15) is 8.42 Å². The molecular weight excluding hydrogens is 312 g/mol. The van der Waals surface area contributed by atoms with Crippen LogP contribution in [0.1, 0.15) is 64.7 Å². The van der Waals surface area contributed by atoms with E-state index in [-0.39, 0.29) is 17.6 Å². The molecule has 3 rings (SSSR count). The molecule has 0 bridgehead atoms. The third kappa shape index (κ3) is 3.08. The van der Waals surface area contributed by atoms with Crippen LogP contribution in [0.25, 0.3) is 0 Å². The first-order chi connectivity index (χ1) is 11.0. The van der Waals surface area contributed by atoms with E-state index in [1.54, 1.807) is 15.7 Å². The lowest BCUT2D eigenvalue weighted by Crippen LogP contribution is -2.65. The summed E-state index contributed by atoms with van der Waals surface area (Å²) < 4.78 is 35.5. The summed E-state index contributed by atoms with van der Waals surface area (Å²) in [5.74, 6) is 0. The van der Waals surface area contributed by atoms with Crippen LogP contribution >= 0.6 is 0 Å². The van der Waals surface area contributed by atoms with E-state index < -0.39 is 10.2 Å². The van der Waals surface area contributed by atoms with Gasteiger partial charge < -0.3 is 4.74 Å². The van der Waals surface area contributed by atoms with E-state index in [1.807, 2.05) is 6.92 Å². The van der Waals surface area contributed by atoms with E-state index in [0.29, 0.717) is 13.1 Å². The first-order valence-corrected chi connectivity index (χ1v) is 10.8. The van der Waals surface area contributed by atoms with Gasteiger partial charge in [-0.2, -0.15) is 17.0 Å². The molecule has 134 valence electrons. The molecule has 3 aliphatic rings. The van der Waals surface area contributed by atoms with Crippen LogP contribution in [-0.4, -0.2) is 55.9 Å². The number of rotatable bonds is 5. The molecule has 0 aromatic heterocycles. The monoisotopic (exact) mass is 344 g/mol. The molecule has 2 saturated carbocycles. The summed E-state index contributed by atoms with van der Waals surface area (Å²) in [5, 5.41) is 0. The molecule has 6 heteroatoms. The maximum absolute atomic E-state index is 13.1. The van der Waals surface area contributed by atoms with E-state index in [4.69, 9.17) is 4.74 Å². The van der Waals surface area contributed by atoms with Crippen molar-refractivity contribution in [1.82, 2.24) is 8.61 Å². The fourth-order valence-electron chi connectivity index (χ4n) is 4.98. The second kappa shape index (κ2) is 6.98. The van der Waals surface area contributed by atoms with Gasteiger partial charge in [0.15, 0.2) is 0 Å². The van der Waals surface area contributed by atoms with Gasteiger partial charge in [0, 0.05) is 38.2 Å². The molecule has 1 spiro atoms. The van der Waals surface area contributed by atoms with Gasteiger partial charge in [-0.15, -0.1) is 0 Å². The molecule has 3 fully saturated rings. The van der Waals surface area contributed by atoms with Gasteiger partial charge in [-0.25, -0.2) is 0 Å². The normalized spacial score (nSPS) is 32.1. The lowest BCUT2D eigenvalue weighted by Gasteiger charge is -2.56. The molecule has 1 aliphatic heterocycles. The highest BCUT2D eigenvalue weighted by molar-refractivity contribution is 7.86. The molecule has 1 saturated heterocycles. The van der Waals surface area contributed by atoms with Crippen molar-refractivity contribution in [3.05, 3.63) is 0 Å². The van der Waals surface area contributed by atoms with E-state index >= 15 is 0 Å². The summed E-state index contributed by atoms with van der Waals surface area (Å²) in [7, 11) is -1.54. The van der Waals surface area contributed by atoms with E-state index in [1.165, 1.54) is 12.8 Å². The van der Waals surface area contributed by atoms with Crippen LogP contribution in [0.3, 0.4) is 0 Å². The smallest absolute Gasteiger partial charge is 0.281 e. The van der Waals surface area contributed by atoms with Crippen LogP contribution in [0.4, 0.5) is 0 Å². The molecule has 0 aromatic rings. The Balaban J connectivity index is 1.75. The lowest BCUT2D eigenvalue weighted by atomic mass is 9.60. The predicted molar refractivity (Wildman–Crippen MR) is 91.4 cm³/mol. The Morgan fingerprint density at radius 2 is 1.70 bits per heavy atom. The molecule has 1 heterocycles. The van der Waals surface area contributed by atoms with Gasteiger partial charge in [0.05, 0.1) is 6.10 Å². The van der Waals surface area contributed by atoms with Gasteiger partial charge in [-0.05, 0) is 39.0 Å². The topological polar surface area (TPSA) is 49.9 Å². The molecule has 2 atom stereocenters. The minimum absolute atomic E-state index is 0.0731. The molecule has 0 N–H and O–H groups in total. The fraction of sp³-hybridized carbons (Fsp3) is 1.00. The van der Waals surface area contributed by atoms with E-state index in [2.05, 4.69) is 0 Å². The Labute approximate surface area is 141 Å². The summed E-state index contributed by atoms with van der Waals surface area (Å²) >= 11 is 0. The van der Waals surface area contributed by atoms with Gasteiger partial charge in [0.1, 0.15) is 0 Å². The molecule has 5 nitrogen and oxygen atoms in total. The number of ether oxygens (including phenoxy) is 1. The minimum Gasteiger partial charge on any atom is -0.378 e. The molecule has 2 aliphatic carbocycles. The number of hydrogen-bond acceptors (Lipinski definition) is 3. The second-order valence-electron chi connectivity index (χ2n) is 7.47. The standard InChI is InChI=1S/C17H32N2O3S/c1-3-22-16-14-15(17(16)10-6-7-11-17)18(2)23(20,21)19-12-8-4-5-9-13-19/h15-16H,3-14H2,1-2H3/t15-,16+/m1/s1. The highest BCUT2D eigenvalue weighted by Gasteiger charge is 2.60. The zero-order chi connectivity index (χ0) is 16.5. The molecule has 0 aromatic carbocycles. The fourth-order valence-corrected chi connectivity index (χ4v) is 6.68. The quantitative estimate of drug-likeness (QED) is 0.770. The summed E-state index contributed by atoms with van der Waals surface area (Å²) in [6.07, 6.45) is 10.0. The highest BCUT2D eigenvalue weighted by Crippen LogP contribution is 2.57. The van der Waals surface area contributed by atoms with Crippen molar-refractivity contribution in [3.63, 3.8) is 0 Å². The lowest BCUT2D eigenvalue weighted by molar-refractivity contribution is -0.146. The van der Waals surface area contributed by atoms with Crippen LogP contribution in [0, 0.1) is 5.41 Å². The first kappa shape index (κ1) is 17.6. The van der Waals surface area contributed by atoms with Crippen molar-refractivity contribution >= 4 is 10.2 Å². The maximum Gasteiger partial charge on any atom is 0.281 e. The summed E-state index contributed by atoms with van der Waals surface area (Å²) in [4.78, 5) is 0. The van der Waals surface area contributed by atoms with Crippen molar-refractivity contribution < 1.29 is 13.2 Å². The van der Waals surface area contributed by atoms with Crippen LogP contribution in [0.2, 0.25) is 0 Å². The van der Waals surface area contributed by atoms with Crippen molar-refractivity contribution in [2.75, 3.05) is 26.7 Å². The van der Waals surface area contributed by atoms with Crippen molar-refractivity contribution in [1.29, 1.82) is 0 Å². The third-order valence-corrected chi connectivity index (χ3v) is 8.34. The molecule has 0 unspecified atom stereocenters. The van der Waals surface area contributed by atoms with Crippen molar-refractivity contribution in [3.8, 4) is 0 Å². The summed E-state index contributed by atoms with van der Waals surface area (Å²) in [6, 6.07) is 0.120. The summed E-state index contributed by atoms with van der Waals surface area (Å²) in [5.41, 5.74) is 0.0731. The van der Waals surface area contributed by atoms with Crippen LogP contribution in [0.15, 0.2) is 0 Å². The van der Waals surface area contributed by atoms with Gasteiger partial charge in [-0.1, -0.05) is 25.7 Å². The Morgan fingerprint density at radius 1 is 1.09 bits per heavy atom. The van der Waals surface area contributed by atoms with Crippen LogP contribution in [0.5, 0.6) is 0 Å². The molecule has 23 heavy (non-hydrogen) atoms. The van der Waals surface area contributed by atoms with Gasteiger partial charge in [-0.3, -0.25) is 0 Å². The predicted octanol–water partition coefficient (Wildman–Crippen LogP) is 2.78. The molecule has 0 amide bonds. The largest absolute Gasteiger partial charge is 0.378 e. The van der Waals surface area contributed by atoms with Crippen LogP contribution in [-0.2, 0) is 14.9 Å². The average Bonchev–Trinajstić information content (AvgIpc) is 2.89. The Morgan fingerprint density at radius 3 is 2.26 bits per heavy atom. The molecular formula is C17H32N2O3S. The number of nitrogens with zero attached hydrogens (tertiary/aromatic N) is 2. The SMILES string of the molecule is CCO[C@H]1C[C@@H](N(C)S(=O)(=O)N2CCCCCC2)C12CCCC2. The highest BCUT2D eigenvalue weighted by atomic mass is 32.2. The van der Waals surface area contributed by atoms with E-state index in [0.717, 1.165) is 51.6 Å². The first-order valence-electron chi connectivity index (χ1n) is 9.37. The zero-order valence-electron chi connectivity index (χ0n) is 14.7. The van der Waals surface area contributed by atoms with Crippen molar-refractivity contribution in [2.24, 2.45) is 5.41 Å². The summed E-state index contributed by atoms with van der Waals surface area (Å²) in [6.45, 7) is 4.12. The van der Waals surface area contributed by atoms with Gasteiger partial charge >= 0.3 is 0 Å². The minimum atomic E-state index is -3.34. The maximum atomic E-state index is 13.1. The third-order valence-electron chi connectivity index (χ3n) is 6.34. The Bertz CT molecular complexity index is 494. The average molecular weight is 345 g/mol. The van der Waals surface area contributed by atoms with Gasteiger partial charge in [0.25, 0.3) is 10.2 Å². The number of hydrogen-bond donors (Lipinski definition) is 0. The Kier molecular flexibility index (Phi) is 5.36.